The quantitative estimate of drug-likeness (QED) is 0.659. The second-order valence-corrected chi connectivity index (χ2v) is 3.75. The van der Waals surface area contributed by atoms with Crippen LogP contribution in [-0.2, 0) is 20.8 Å². The molecule has 7 heteroatoms. The SMILES string of the molecule is O=C(O)CNC(=O)CNC(=O)Cc1ccc(F)cc1. The Hall–Kier alpha value is -2.44. The van der Waals surface area contributed by atoms with Crippen molar-refractivity contribution in [2.24, 2.45) is 0 Å². The van der Waals surface area contributed by atoms with Gasteiger partial charge in [-0.2, -0.15) is 0 Å². The first-order valence-electron chi connectivity index (χ1n) is 5.47. The summed E-state index contributed by atoms with van der Waals surface area (Å²) in [5.74, 6) is -2.55. The van der Waals surface area contributed by atoms with Gasteiger partial charge < -0.3 is 15.7 Å². The highest BCUT2D eigenvalue weighted by Crippen LogP contribution is 2.03. The third-order valence-corrected chi connectivity index (χ3v) is 2.16. The maximum absolute atomic E-state index is 12.6. The molecule has 1 aromatic rings. The minimum atomic E-state index is -1.16. The van der Waals surface area contributed by atoms with Crippen molar-refractivity contribution in [3.63, 3.8) is 0 Å². The topological polar surface area (TPSA) is 95.5 Å². The second kappa shape index (κ2) is 7.10. The van der Waals surface area contributed by atoms with Gasteiger partial charge in [0.15, 0.2) is 0 Å². The summed E-state index contributed by atoms with van der Waals surface area (Å²) < 4.78 is 12.6. The summed E-state index contributed by atoms with van der Waals surface area (Å²) in [5, 5.41) is 12.8. The second-order valence-electron chi connectivity index (χ2n) is 3.75. The van der Waals surface area contributed by atoms with Gasteiger partial charge in [0.2, 0.25) is 11.8 Å². The molecular formula is C12H13FN2O4. The lowest BCUT2D eigenvalue weighted by Gasteiger charge is -2.05. The van der Waals surface area contributed by atoms with Crippen LogP contribution >= 0.6 is 0 Å². The van der Waals surface area contributed by atoms with E-state index in [9.17, 15) is 18.8 Å². The molecule has 0 atom stereocenters. The molecule has 0 aromatic heterocycles. The monoisotopic (exact) mass is 268 g/mol. The van der Waals surface area contributed by atoms with Crippen LogP contribution in [0.4, 0.5) is 4.39 Å². The van der Waals surface area contributed by atoms with Crippen molar-refractivity contribution in [3.8, 4) is 0 Å². The lowest BCUT2D eigenvalue weighted by molar-refractivity contribution is -0.137. The van der Waals surface area contributed by atoms with Crippen molar-refractivity contribution in [3.05, 3.63) is 35.6 Å². The van der Waals surface area contributed by atoms with E-state index in [-0.39, 0.29) is 13.0 Å². The van der Waals surface area contributed by atoms with Crippen LogP contribution in [-0.4, -0.2) is 36.0 Å². The number of carbonyl (C=O) groups excluding carboxylic acids is 2. The van der Waals surface area contributed by atoms with Gasteiger partial charge in [-0.05, 0) is 17.7 Å². The molecule has 1 rings (SSSR count). The van der Waals surface area contributed by atoms with E-state index in [1.165, 1.54) is 24.3 Å². The third-order valence-electron chi connectivity index (χ3n) is 2.16. The highest BCUT2D eigenvalue weighted by Gasteiger charge is 2.07. The van der Waals surface area contributed by atoms with E-state index in [4.69, 9.17) is 5.11 Å². The Bertz CT molecular complexity index is 473. The van der Waals surface area contributed by atoms with Gasteiger partial charge >= 0.3 is 5.97 Å². The van der Waals surface area contributed by atoms with E-state index in [0.29, 0.717) is 5.56 Å². The molecule has 0 bridgehead atoms. The van der Waals surface area contributed by atoms with Gasteiger partial charge in [0.05, 0.1) is 13.0 Å². The van der Waals surface area contributed by atoms with Crippen LogP contribution in [0, 0.1) is 5.82 Å². The number of hydrogen-bond donors (Lipinski definition) is 3. The summed E-state index contributed by atoms with van der Waals surface area (Å²) in [7, 11) is 0. The van der Waals surface area contributed by atoms with E-state index < -0.39 is 30.1 Å². The number of carboxylic acids is 1. The van der Waals surface area contributed by atoms with Crippen molar-refractivity contribution in [2.45, 2.75) is 6.42 Å². The molecule has 0 spiro atoms. The average Bonchev–Trinajstić information content (AvgIpc) is 2.36. The Morgan fingerprint density at radius 3 is 2.16 bits per heavy atom. The summed E-state index contributed by atoms with van der Waals surface area (Å²) in [6, 6.07) is 5.42. The zero-order valence-electron chi connectivity index (χ0n) is 9.98. The van der Waals surface area contributed by atoms with Crippen LogP contribution in [0.3, 0.4) is 0 Å². The Balaban J connectivity index is 2.29. The summed E-state index contributed by atoms with van der Waals surface area (Å²) in [4.78, 5) is 32.7. The van der Waals surface area contributed by atoms with Crippen LogP contribution in [0.15, 0.2) is 24.3 Å². The average molecular weight is 268 g/mol. The minimum Gasteiger partial charge on any atom is -0.480 e. The van der Waals surface area contributed by atoms with Crippen LogP contribution in [0.25, 0.3) is 0 Å². The van der Waals surface area contributed by atoms with Crippen LogP contribution in [0.2, 0.25) is 0 Å². The number of benzene rings is 1. The van der Waals surface area contributed by atoms with E-state index in [1.54, 1.807) is 0 Å². The van der Waals surface area contributed by atoms with Gasteiger partial charge in [-0.15, -0.1) is 0 Å². The van der Waals surface area contributed by atoms with Gasteiger partial charge in [-0.25, -0.2) is 4.39 Å². The molecule has 0 aliphatic carbocycles. The number of halogens is 1. The lowest BCUT2D eigenvalue weighted by Crippen LogP contribution is -2.39. The summed E-state index contributed by atoms with van der Waals surface area (Å²) >= 11 is 0. The lowest BCUT2D eigenvalue weighted by atomic mass is 10.1. The summed E-state index contributed by atoms with van der Waals surface area (Å²) in [6.45, 7) is -0.792. The summed E-state index contributed by atoms with van der Waals surface area (Å²) in [6.07, 6.45) is 0.0203. The molecule has 2 amide bonds. The standard InChI is InChI=1S/C12H13FN2O4/c13-9-3-1-8(2-4-9)5-10(16)14-6-11(17)15-7-12(18)19/h1-4H,5-7H2,(H,14,16)(H,15,17)(H,18,19). The van der Waals surface area contributed by atoms with Crippen molar-refractivity contribution < 1.29 is 23.9 Å². The van der Waals surface area contributed by atoms with Gasteiger partial charge in [0, 0.05) is 0 Å². The zero-order valence-corrected chi connectivity index (χ0v) is 9.98. The number of hydrogen-bond acceptors (Lipinski definition) is 3. The maximum atomic E-state index is 12.6. The molecule has 0 heterocycles. The van der Waals surface area contributed by atoms with Crippen LogP contribution < -0.4 is 10.6 Å². The fourth-order valence-corrected chi connectivity index (χ4v) is 1.27. The van der Waals surface area contributed by atoms with Crippen LogP contribution in [0.1, 0.15) is 5.56 Å². The molecular weight excluding hydrogens is 255 g/mol. The Kier molecular flexibility index (Phi) is 5.46. The fourth-order valence-electron chi connectivity index (χ4n) is 1.27. The first-order chi connectivity index (χ1) is 8.97. The smallest absolute Gasteiger partial charge is 0.322 e. The van der Waals surface area contributed by atoms with Gasteiger partial charge in [-0.3, -0.25) is 14.4 Å². The number of rotatable bonds is 6. The molecule has 1 aromatic carbocycles. The van der Waals surface area contributed by atoms with E-state index in [0.717, 1.165) is 0 Å². The van der Waals surface area contributed by atoms with E-state index >= 15 is 0 Å². The Morgan fingerprint density at radius 2 is 1.58 bits per heavy atom. The van der Waals surface area contributed by atoms with E-state index in [2.05, 4.69) is 10.6 Å². The molecule has 0 radical (unpaired) electrons. The first-order valence-corrected chi connectivity index (χ1v) is 5.47. The molecule has 0 unspecified atom stereocenters. The van der Waals surface area contributed by atoms with Gasteiger partial charge in [0.25, 0.3) is 0 Å². The van der Waals surface area contributed by atoms with E-state index in [1.807, 2.05) is 0 Å². The number of aliphatic carboxylic acids is 1. The molecule has 0 saturated heterocycles. The Labute approximate surface area is 108 Å². The van der Waals surface area contributed by atoms with Crippen molar-refractivity contribution in [1.82, 2.24) is 10.6 Å². The predicted octanol–water partition coefficient (Wildman–Crippen LogP) is -0.315. The number of amides is 2. The predicted molar refractivity (Wildman–Crippen MR) is 63.8 cm³/mol. The molecule has 0 aliphatic heterocycles. The van der Waals surface area contributed by atoms with Crippen molar-refractivity contribution >= 4 is 17.8 Å². The number of carboxylic acid groups (broad SMARTS) is 1. The van der Waals surface area contributed by atoms with Gasteiger partial charge in [-0.1, -0.05) is 12.1 Å². The first kappa shape index (κ1) is 14.6. The van der Waals surface area contributed by atoms with Gasteiger partial charge in [0.1, 0.15) is 12.4 Å². The zero-order chi connectivity index (χ0) is 14.3. The molecule has 0 saturated carbocycles. The molecule has 0 fully saturated rings. The van der Waals surface area contributed by atoms with Crippen molar-refractivity contribution in [2.75, 3.05) is 13.1 Å². The highest BCUT2D eigenvalue weighted by atomic mass is 19.1. The van der Waals surface area contributed by atoms with Crippen molar-refractivity contribution in [1.29, 1.82) is 0 Å². The third kappa shape index (κ3) is 6.16. The summed E-state index contributed by atoms with van der Waals surface area (Å²) in [5.41, 5.74) is 0.616. The largest absolute Gasteiger partial charge is 0.480 e. The normalized spacial score (nSPS) is 9.74. The minimum absolute atomic E-state index is 0.0203. The maximum Gasteiger partial charge on any atom is 0.322 e. The molecule has 0 aliphatic rings. The fraction of sp³-hybridized carbons (Fsp3) is 0.250. The number of carbonyl (C=O) groups is 3. The molecule has 102 valence electrons. The molecule has 6 nitrogen and oxygen atoms in total. The molecule has 19 heavy (non-hydrogen) atoms. The highest BCUT2D eigenvalue weighted by molar-refractivity contribution is 5.87. The Morgan fingerprint density at radius 1 is 1.00 bits per heavy atom. The molecule has 3 N–H and O–H groups in total. The van der Waals surface area contributed by atoms with Crippen LogP contribution in [0.5, 0.6) is 0 Å². The number of nitrogens with one attached hydrogen (secondary N) is 2.